The molecule has 0 saturated heterocycles. The van der Waals surface area contributed by atoms with E-state index in [1.807, 2.05) is 13.8 Å². The number of hydrogen-bond donors (Lipinski definition) is 1. The van der Waals surface area contributed by atoms with E-state index in [0.29, 0.717) is 25.9 Å². The summed E-state index contributed by atoms with van der Waals surface area (Å²) in [6.45, 7) is 8.49. The Morgan fingerprint density at radius 3 is 2.00 bits per heavy atom. The van der Waals surface area contributed by atoms with Gasteiger partial charge in [-0.1, -0.05) is 39.0 Å². The highest BCUT2D eigenvalue weighted by Gasteiger charge is 2.22. The quantitative estimate of drug-likeness (QED) is 0.385. The molecule has 1 N–H and O–H groups in total. The molecule has 0 aliphatic heterocycles. The van der Waals surface area contributed by atoms with Crippen molar-refractivity contribution in [1.82, 2.24) is 5.32 Å². The maximum absolute atomic E-state index is 12.1. The summed E-state index contributed by atoms with van der Waals surface area (Å²) in [5.41, 5.74) is 0. The van der Waals surface area contributed by atoms with Crippen molar-refractivity contribution in [3.05, 3.63) is 0 Å². The highest BCUT2D eigenvalue weighted by molar-refractivity contribution is 7.53. The maximum atomic E-state index is 12.1. The second-order valence-electron chi connectivity index (χ2n) is 4.69. The molecular formula is C14H32NO3P. The largest absolute Gasteiger partial charge is 0.331 e. The Bertz CT molecular complexity index is 227. The van der Waals surface area contributed by atoms with Crippen LogP contribution in [0.1, 0.15) is 59.3 Å². The zero-order valence-electron chi connectivity index (χ0n) is 13.0. The molecule has 0 aliphatic rings. The first-order valence-electron chi connectivity index (χ1n) is 7.77. The molecule has 0 bridgehead atoms. The van der Waals surface area contributed by atoms with E-state index < -0.39 is 7.60 Å². The Balaban J connectivity index is 3.47. The van der Waals surface area contributed by atoms with Gasteiger partial charge < -0.3 is 14.4 Å². The van der Waals surface area contributed by atoms with Crippen LogP contribution in [-0.2, 0) is 13.6 Å². The number of hydrogen-bond acceptors (Lipinski definition) is 4. The molecule has 0 radical (unpaired) electrons. The van der Waals surface area contributed by atoms with Gasteiger partial charge in [-0.05, 0) is 26.8 Å². The van der Waals surface area contributed by atoms with Crippen LogP contribution in [-0.4, -0.2) is 32.5 Å². The zero-order chi connectivity index (χ0) is 14.4. The minimum atomic E-state index is -2.85. The van der Waals surface area contributed by atoms with Gasteiger partial charge in [-0.25, -0.2) is 0 Å². The smallest absolute Gasteiger partial charge is 0.316 e. The summed E-state index contributed by atoms with van der Waals surface area (Å²) >= 11 is 0. The molecule has 116 valence electrons. The summed E-state index contributed by atoms with van der Waals surface area (Å²) in [5, 5.41) is 3.32. The Hall–Kier alpha value is 0.110. The Morgan fingerprint density at radius 1 is 0.842 bits per heavy atom. The summed E-state index contributed by atoms with van der Waals surface area (Å²) in [5.74, 6) is 0. The molecule has 0 atom stereocenters. The van der Waals surface area contributed by atoms with Crippen LogP contribution in [0.5, 0.6) is 0 Å². The summed E-state index contributed by atoms with van der Waals surface area (Å²) in [4.78, 5) is 0. The second-order valence-corrected chi connectivity index (χ2v) is 6.87. The zero-order valence-corrected chi connectivity index (χ0v) is 13.8. The molecule has 0 saturated carbocycles. The third-order valence-electron chi connectivity index (χ3n) is 2.92. The van der Waals surface area contributed by atoms with E-state index >= 15 is 0 Å². The molecule has 4 nitrogen and oxygen atoms in total. The van der Waals surface area contributed by atoms with Crippen molar-refractivity contribution >= 4 is 7.60 Å². The van der Waals surface area contributed by atoms with E-state index in [1.165, 1.54) is 38.5 Å². The van der Waals surface area contributed by atoms with Crippen LogP contribution in [0.15, 0.2) is 0 Å². The van der Waals surface area contributed by atoms with E-state index in [2.05, 4.69) is 12.2 Å². The third kappa shape index (κ3) is 11.6. The monoisotopic (exact) mass is 293 g/mol. The third-order valence-corrected chi connectivity index (χ3v) is 5.00. The summed E-state index contributed by atoms with van der Waals surface area (Å²) < 4.78 is 22.6. The lowest BCUT2D eigenvalue weighted by atomic mass is 10.1. The molecule has 19 heavy (non-hydrogen) atoms. The highest BCUT2D eigenvalue weighted by atomic mass is 31.2. The molecule has 0 heterocycles. The summed E-state index contributed by atoms with van der Waals surface area (Å²) in [6, 6.07) is 0. The van der Waals surface area contributed by atoms with Gasteiger partial charge in [0.1, 0.15) is 0 Å². The minimum Gasteiger partial charge on any atom is -0.316 e. The first kappa shape index (κ1) is 19.1. The molecule has 0 rings (SSSR count). The maximum Gasteiger partial charge on any atom is 0.331 e. The lowest BCUT2D eigenvalue weighted by Gasteiger charge is -2.17. The lowest BCUT2D eigenvalue weighted by Crippen LogP contribution is -2.20. The fourth-order valence-corrected chi connectivity index (χ4v) is 3.48. The van der Waals surface area contributed by atoms with E-state index in [1.54, 1.807) is 0 Å². The van der Waals surface area contributed by atoms with Gasteiger partial charge in [-0.3, -0.25) is 4.57 Å². The molecule has 0 aliphatic carbocycles. The van der Waals surface area contributed by atoms with Gasteiger partial charge in [0.2, 0.25) is 0 Å². The molecule has 0 aromatic rings. The molecule has 0 fully saturated rings. The summed E-state index contributed by atoms with van der Waals surface area (Å²) in [7, 11) is -2.85. The van der Waals surface area contributed by atoms with Crippen LogP contribution in [0.4, 0.5) is 0 Å². The standard InChI is InChI=1S/C14H32NO3P/c1-4-7-8-9-10-11-12-15-13-14-19(16,17-5-2)18-6-3/h15H,4-14H2,1-3H3. The fourth-order valence-electron chi connectivity index (χ4n) is 1.93. The van der Waals surface area contributed by atoms with Crippen molar-refractivity contribution in [1.29, 1.82) is 0 Å². The predicted molar refractivity (Wildman–Crippen MR) is 82.0 cm³/mol. The summed E-state index contributed by atoms with van der Waals surface area (Å²) in [6.07, 6.45) is 8.25. The SMILES string of the molecule is CCCCCCCCNCCP(=O)(OCC)OCC. The van der Waals surface area contributed by atoms with Gasteiger partial charge in [-0.2, -0.15) is 0 Å². The molecule has 5 heteroatoms. The molecule has 0 unspecified atom stereocenters. The van der Waals surface area contributed by atoms with E-state index in [0.717, 1.165) is 6.54 Å². The van der Waals surface area contributed by atoms with Crippen LogP contribution in [0, 0.1) is 0 Å². The van der Waals surface area contributed by atoms with Crippen LogP contribution in [0.2, 0.25) is 0 Å². The van der Waals surface area contributed by atoms with Crippen LogP contribution >= 0.6 is 7.60 Å². The second kappa shape index (κ2) is 13.1. The predicted octanol–water partition coefficient (Wildman–Crippen LogP) is 4.20. The van der Waals surface area contributed by atoms with Crippen molar-refractivity contribution in [2.24, 2.45) is 0 Å². The van der Waals surface area contributed by atoms with Crippen molar-refractivity contribution in [3.63, 3.8) is 0 Å². The van der Waals surface area contributed by atoms with E-state index in [9.17, 15) is 4.57 Å². The lowest BCUT2D eigenvalue weighted by molar-refractivity contribution is 0.220. The Morgan fingerprint density at radius 2 is 1.42 bits per heavy atom. The normalized spacial score (nSPS) is 11.9. The van der Waals surface area contributed by atoms with Gasteiger partial charge >= 0.3 is 7.60 Å². The van der Waals surface area contributed by atoms with Crippen molar-refractivity contribution < 1.29 is 13.6 Å². The molecule has 0 amide bonds. The first-order chi connectivity index (χ1) is 9.18. The van der Waals surface area contributed by atoms with Crippen molar-refractivity contribution in [2.45, 2.75) is 59.3 Å². The van der Waals surface area contributed by atoms with Crippen molar-refractivity contribution in [2.75, 3.05) is 32.5 Å². The van der Waals surface area contributed by atoms with Gasteiger partial charge in [0.05, 0.1) is 19.4 Å². The van der Waals surface area contributed by atoms with Crippen LogP contribution < -0.4 is 5.32 Å². The van der Waals surface area contributed by atoms with E-state index in [4.69, 9.17) is 9.05 Å². The average molecular weight is 293 g/mol. The molecule has 0 aromatic heterocycles. The van der Waals surface area contributed by atoms with E-state index in [-0.39, 0.29) is 0 Å². The first-order valence-corrected chi connectivity index (χ1v) is 9.50. The van der Waals surface area contributed by atoms with Gasteiger partial charge in [-0.15, -0.1) is 0 Å². The topological polar surface area (TPSA) is 47.6 Å². The Kier molecular flexibility index (Phi) is 13.2. The van der Waals surface area contributed by atoms with Crippen LogP contribution in [0.3, 0.4) is 0 Å². The molecule has 0 aromatic carbocycles. The fraction of sp³-hybridized carbons (Fsp3) is 1.00. The molecule has 0 spiro atoms. The highest BCUT2D eigenvalue weighted by Crippen LogP contribution is 2.47. The molecular weight excluding hydrogens is 261 g/mol. The number of rotatable bonds is 14. The Labute approximate surface area is 119 Å². The van der Waals surface area contributed by atoms with Crippen LogP contribution in [0.25, 0.3) is 0 Å². The number of nitrogens with one attached hydrogen (secondary N) is 1. The average Bonchev–Trinajstić information content (AvgIpc) is 2.37. The van der Waals surface area contributed by atoms with Gasteiger partial charge in [0.25, 0.3) is 0 Å². The minimum absolute atomic E-state index is 0.439. The van der Waals surface area contributed by atoms with Gasteiger partial charge in [0, 0.05) is 6.54 Å². The van der Waals surface area contributed by atoms with Gasteiger partial charge in [0.15, 0.2) is 0 Å². The number of unbranched alkanes of at least 4 members (excludes halogenated alkanes) is 5. The van der Waals surface area contributed by atoms with Crippen molar-refractivity contribution in [3.8, 4) is 0 Å².